The number of cyclic esters (lactones) is 1. The number of aliphatic hydroxyl groups is 4. The lowest BCUT2D eigenvalue weighted by atomic mass is 9.86. The number of likely N-dealkylation sites (N-methyl/N-ethyl adjacent to an activating group) is 1. The number of carbonyl (C=O) groups is 5. The van der Waals surface area contributed by atoms with Crippen molar-refractivity contribution in [1.82, 2.24) is 25.1 Å². The maximum atomic E-state index is 15.4. The van der Waals surface area contributed by atoms with Gasteiger partial charge in [0.2, 0.25) is 18.1 Å². The summed E-state index contributed by atoms with van der Waals surface area (Å²) in [6, 6.07) is 6.62. The summed E-state index contributed by atoms with van der Waals surface area (Å²) in [5.74, 6) is -5.20. The molecule has 0 spiro atoms. The van der Waals surface area contributed by atoms with Crippen molar-refractivity contribution in [3.8, 4) is 17.1 Å². The molecule has 392 valence electrons. The number of nitrogens with zero attached hydrogens (tertiary/aromatic N) is 3. The molecule has 2 aromatic heterocycles. The summed E-state index contributed by atoms with van der Waals surface area (Å²) in [6.07, 6.45) is -8.53. The largest absolute Gasteiger partial charge is 0.479 e. The Hall–Kier alpha value is -6.91. The molecule has 6 atom stereocenters. The van der Waals surface area contributed by atoms with Gasteiger partial charge in [0.25, 0.3) is 5.56 Å². The highest BCUT2D eigenvalue weighted by molar-refractivity contribution is 7.90. The van der Waals surface area contributed by atoms with Gasteiger partial charge in [-0.2, -0.15) is 0 Å². The van der Waals surface area contributed by atoms with E-state index in [-0.39, 0.29) is 83.3 Å². The van der Waals surface area contributed by atoms with Gasteiger partial charge in [0, 0.05) is 41.9 Å². The molecule has 24 nitrogen and oxygen atoms in total. The summed E-state index contributed by atoms with van der Waals surface area (Å²) in [7, 11) is -2.16. The van der Waals surface area contributed by atoms with Crippen LogP contribution in [0, 0.1) is 12.7 Å². The predicted octanol–water partition coefficient (Wildman–Crippen LogP) is -0.127. The molecule has 7 rings (SSSR count). The smallest absolute Gasteiger partial charge is 0.411 e. The minimum absolute atomic E-state index is 0.0557. The van der Waals surface area contributed by atoms with Crippen LogP contribution in [0.4, 0.5) is 14.9 Å². The zero-order valence-corrected chi connectivity index (χ0v) is 40.6. The lowest BCUT2D eigenvalue weighted by Crippen LogP contribution is -2.61. The molecule has 4 aromatic rings. The molecule has 0 bridgehead atoms. The van der Waals surface area contributed by atoms with Crippen molar-refractivity contribution in [2.24, 2.45) is 0 Å². The fourth-order valence-electron chi connectivity index (χ4n) is 8.59. The molecule has 2 aromatic carbocycles. The van der Waals surface area contributed by atoms with Crippen molar-refractivity contribution in [1.29, 1.82) is 0 Å². The minimum atomic E-state index is -3.65. The first-order chi connectivity index (χ1) is 34.5. The maximum absolute atomic E-state index is 15.4. The standard InChI is InChI=1S/C47H53FN6O18S/c1-6-24-22(3)29(48)14-31-36(24)25(26-17-54-32(37(26)52-31)13-28-27(42(54)60)19-69-45(63)47(28,65)7-2)15-50-35(56)20-68-21-53(10-11-73(5,66)67)46(64)70-18-23-8-9-33(30(12-23)51-34(55)16-49-4)71-44-40(59)38(57)39(58)41(72-44)43(61)62/h6,8-9,12-14,38-41,44,49,57-59,65H,1,7,10-11,15-21H2,2-5H3,(H,50,56)(H,51,55)(H,61,62)/t38-,39-,40+,41-,44+,47-/m0/s1. The van der Waals surface area contributed by atoms with Gasteiger partial charge in [0.15, 0.2) is 11.7 Å². The number of aliphatic hydroxyl groups excluding tert-OH is 3. The van der Waals surface area contributed by atoms with Crippen LogP contribution in [0.3, 0.4) is 0 Å². The Kier molecular flexibility index (Phi) is 16.0. The van der Waals surface area contributed by atoms with Gasteiger partial charge in [-0.1, -0.05) is 25.6 Å². The summed E-state index contributed by atoms with van der Waals surface area (Å²) in [5.41, 5.74) is -0.177. The van der Waals surface area contributed by atoms with Crippen molar-refractivity contribution in [2.45, 2.75) is 82.9 Å². The number of hydrogen-bond acceptors (Lipinski definition) is 19. The molecular weight excluding hydrogens is 988 g/mol. The first-order valence-corrected chi connectivity index (χ1v) is 24.6. The van der Waals surface area contributed by atoms with Crippen molar-refractivity contribution >= 4 is 62.3 Å². The Morgan fingerprint density at radius 1 is 1.08 bits per heavy atom. The number of rotatable bonds is 19. The molecule has 26 heteroatoms. The Morgan fingerprint density at radius 3 is 2.49 bits per heavy atom. The molecule has 8 N–H and O–H groups in total. The Bertz CT molecular complexity index is 3080. The topological polar surface area (TPSA) is 341 Å². The number of hydrogen-bond donors (Lipinski definition) is 8. The second-order valence-corrected chi connectivity index (χ2v) is 19.7. The van der Waals surface area contributed by atoms with Crippen LogP contribution in [0.1, 0.15) is 52.3 Å². The van der Waals surface area contributed by atoms with Gasteiger partial charge in [-0.25, -0.2) is 32.2 Å². The number of benzene rings is 2. The molecular formula is C47H53FN6O18S. The third-order valence-electron chi connectivity index (χ3n) is 12.5. The Balaban J connectivity index is 1.07. The van der Waals surface area contributed by atoms with E-state index in [1.807, 2.05) is 0 Å². The molecule has 3 aliphatic heterocycles. The molecule has 5 heterocycles. The summed E-state index contributed by atoms with van der Waals surface area (Å²) in [5, 5.41) is 60.0. The number of anilines is 1. The van der Waals surface area contributed by atoms with Crippen molar-refractivity contribution < 1.29 is 86.0 Å². The van der Waals surface area contributed by atoms with E-state index >= 15 is 4.39 Å². The number of halogens is 1. The van der Waals surface area contributed by atoms with Crippen molar-refractivity contribution in [3.05, 3.63) is 92.0 Å². The zero-order valence-electron chi connectivity index (χ0n) is 39.8. The molecule has 73 heavy (non-hydrogen) atoms. The number of nitrogens with one attached hydrogen (secondary N) is 3. The first kappa shape index (κ1) is 53.9. The monoisotopic (exact) mass is 1040 g/mol. The van der Waals surface area contributed by atoms with Crippen molar-refractivity contribution in [2.75, 3.05) is 50.8 Å². The van der Waals surface area contributed by atoms with Gasteiger partial charge < -0.3 is 69.7 Å². The van der Waals surface area contributed by atoms with Crippen molar-refractivity contribution in [3.63, 3.8) is 0 Å². The van der Waals surface area contributed by atoms with Crippen LogP contribution >= 0.6 is 0 Å². The van der Waals surface area contributed by atoms with Crippen LogP contribution in [0.2, 0.25) is 0 Å². The van der Waals surface area contributed by atoms with Gasteiger partial charge in [0.1, 0.15) is 66.3 Å². The quantitative estimate of drug-likeness (QED) is 0.0395. The van der Waals surface area contributed by atoms with E-state index in [2.05, 4.69) is 22.5 Å². The molecule has 3 amide bonds. The summed E-state index contributed by atoms with van der Waals surface area (Å²) in [4.78, 5) is 83.5. The van der Waals surface area contributed by atoms with E-state index in [0.717, 1.165) is 11.2 Å². The average molecular weight is 1040 g/mol. The zero-order chi connectivity index (χ0) is 53.3. The van der Waals surface area contributed by atoms with Crippen LogP contribution in [0.5, 0.6) is 5.75 Å². The van der Waals surface area contributed by atoms with Gasteiger partial charge in [-0.15, -0.1) is 0 Å². The van der Waals surface area contributed by atoms with E-state index in [1.165, 1.54) is 48.0 Å². The Labute approximate surface area is 415 Å². The number of esters is 1. The minimum Gasteiger partial charge on any atom is -0.479 e. The highest BCUT2D eigenvalue weighted by atomic mass is 32.2. The van der Waals surface area contributed by atoms with E-state index < -0.39 is 120 Å². The lowest BCUT2D eigenvalue weighted by molar-refractivity contribution is -0.271. The third-order valence-corrected chi connectivity index (χ3v) is 13.5. The number of carboxylic acids is 1. The van der Waals surface area contributed by atoms with E-state index in [1.54, 1.807) is 13.8 Å². The van der Waals surface area contributed by atoms with E-state index in [9.17, 15) is 62.7 Å². The van der Waals surface area contributed by atoms with Gasteiger partial charge >= 0.3 is 18.0 Å². The Morgan fingerprint density at radius 2 is 1.82 bits per heavy atom. The predicted molar refractivity (Wildman–Crippen MR) is 253 cm³/mol. The van der Waals surface area contributed by atoms with Crippen LogP contribution in [-0.4, -0.2) is 154 Å². The number of carbonyl (C=O) groups excluding carboxylic acids is 4. The van der Waals surface area contributed by atoms with Crippen LogP contribution in [0.25, 0.3) is 28.4 Å². The van der Waals surface area contributed by atoms with Crippen LogP contribution in [0.15, 0.2) is 41.7 Å². The van der Waals surface area contributed by atoms with E-state index in [4.69, 9.17) is 28.7 Å². The molecule has 3 aliphatic rings. The lowest BCUT2D eigenvalue weighted by Gasteiger charge is -2.38. The summed E-state index contributed by atoms with van der Waals surface area (Å²) < 4.78 is 68.2. The normalized spacial score (nSPS) is 21.1. The average Bonchev–Trinajstić information content (AvgIpc) is 3.71. The van der Waals surface area contributed by atoms with E-state index in [0.29, 0.717) is 22.1 Å². The summed E-state index contributed by atoms with van der Waals surface area (Å²) in [6.45, 7) is 3.89. The maximum Gasteiger partial charge on any atom is 0.411 e. The number of ether oxygens (including phenoxy) is 5. The molecule has 0 unspecified atom stereocenters. The van der Waals surface area contributed by atoms with Gasteiger partial charge in [0.05, 0.1) is 47.0 Å². The molecule has 0 radical (unpaired) electrons. The first-order valence-electron chi connectivity index (χ1n) is 22.6. The summed E-state index contributed by atoms with van der Waals surface area (Å²) >= 11 is 0. The molecule has 0 aliphatic carbocycles. The number of aromatic nitrogens is 2. The number of pyridine rings is 2. The number of carboxylic acid groups (broad SMARTS) is 1. The second kappa shape index (κ2) is 21.7. The second-order valence-electron chi connectivity index (χ2n) is 17.5. The fraction of sp³-hybridized carbons (Fsp3) is 0.426. The number of fused-ring (bicyclic) bond motifs is 5. The third kappa shape index (κ3) is 11.1. The number of aliphatic carboxylic acids is 1. The van der Waals surface area contributed by atoms with Gasteiger partial charge in [-0.3, -0.25) is 19.3 Å². The highest BCUT2D eigenvalue weighted by Crippen LogP contribution is 2.42. The highest BCUT2D eigenvalue weighted by Gasteiger charge is 2.49. The number of sulfone groups is 1. The molecule has 1 fully saturated rings. The molecule has 0 saturated carbocycles. The molecule has 1 saturated heterocycles. The fourth-order valence-corrected chi connectivity index (χ4v) is 9.14. The SMILES string of the molecule is C=Cc1c(C)c(F)cc2nc3c(c(CNC(=O)COCN(CCS(C)(=O)=O)C(=O)OCc4ccc(O[C@@H]5O[C@H](C(=O)O)[C@@H](O)[C@H](O)[C@H]5O)c(NC(=O)CNC)c4)c12)Cn1c-3cc2c(c1=O)COC(=O)[C@]2(O)CC. The number of amides is 3. The van der Waals surface area contributed by atoms with Crippen LogP contribution in [-0.2, 0) is 79.9 Å². The van der Waals surface area contributed by atoms with Crippen LogP contribution < -0.4 is 26.2 Å². The van der Waals surface area contributed by atoms with Gasteiger partial charge in [-0.05, 0) is 60.8 Å².